The predicted molar refractivity (Wildman–Crippen MR) is 80.1 cm³/mol. The molecule has 0 unspecified atom stereocenters. The molecule has 1 aliphatic heterocycles. The second-order valence-corrected chi connectivity index (χ2v) is 6.17. The summed E-state index contributed by atoms with van der Waals surface area (Å²) < 4.78 is 0.504. The van der Waals surface area contributed by atoms with Crippen molar-refractivity contribution in [1.29, 1.82) is 0 Å². The number of imide groups is 1. The molecule has 21 heavy (non-hydrogen) atoms. The van der Waals surface area contributed by atoms with E-state index in [2.05, 4.69) is 5.32 Å². The van der Waals surface area contributed by atoms with Crippen LogP contribution in [0.1, 0.15) is 30.4 Å². The van der Waals surface area contributed by atoms with Gasteiger partial charge in [0.05, 0.1) is 26.0 Å². The molecule has 0 atom stereocenters. The standard InChI is InChI=1S/C14H9ClN2O3S/c1-17-13(19)7-3-2-4-8(11(7)14(17)20)16-12(18)9-5-6-10(15)21-9/h2-6H,1H3,(H,16,18). The first-order valence-electron chi connectivity index (χ1n) is 6.01. The number of anilines is 1. The number of halogens is 1. The van der Waals surface area contributed by atoms with E-state index in [1.54, 1.807) is 30.3 Å². The number of carbonyl (C=O) groups excluding carboxylic acids is 3. The van der Waals surface area contributed by atoms with Crippen molar-refractivity contribution in [3.8, 4) is 0 Å². The topological polar surface area (TPSA) is 66.5 Å². The molecule has 0 bridgehead atoms. The summed E-state index contributed by atoms with van der Waals surface area (Å²) in [5, 5.41) is 2.66. The van der Waals surface area contributed by atoms with E-state index in [0.717, 1.165) is 16.2 Å². The van der Waals surface area contributed by atoms with Crippen LogP contribution >= 0.6 is 22.9 Å². The highest BCUT2D eigenvalue weighted by atomic mass is 35.5. The molecule has 5 nitrogen and oxygen atoms in total. The predicted octanol–water partition coefficient (Wildman–Crippen LogP) is 2.88. The summed E-state index contributed by atoms with van der Waals surface area (Å²) >= 11 is 6.94. The van der Waals surface area contributed by atoms with E-state index in [1.165, 1.54) is 7.05 Å². The number of benzene rings is 1. The Kier molecular flexibility index (Phi) is 3.27. The van der Waals surface area contributed by atoms with Crippen LogP contribution in [0.15, 0.2) is 30.3 Å². The number of nitrogens with zero attached hydrogens (tertiary/aromatic N) is 1. The van der Waals surface area contributed by atoms with Gasteiger partial charge in [-0.05, 0) is 24.3 Å². The van der Waals surface area contributed by atoms with E-state index in [9.17, 15) is 14.4 Å². The smallest absolute Gasteiger partial charge is 0.265 e. The van der Waals surface area contributed by atoms with Crippen LogP contribution in [0.5, 0.6) is 0 Å². The summed E-state index contributed by atoms with van der Waals surface area (Å²) in [6, 6.07) is 8.01. The van der Waals surface area contributed by atoms with Gasteiger partial charge in [0.25, 0.3) is 17.7 Å². The van der Waals surface area contributed by atoms with Crippen LogP contribution in [0.2, 0.25) is 4.34 Å². The van der Waals surface area contributed by atoms with E-state index in [-0.39, 0.29) is 17.4 Å². The lowest BCUT2D eigenvalue weighted by Gasteiger charge is -2.07. The zero-order valence-electron chi connectivity index (χ0n) is 10.8. The van der Waals surface area contributed by atoms with Gasteiger partial charge in [-0.3, -0.25) is 19.3 Å². The van der Waals surface area contributed by atoms with Crippen molar-refractivity contribution in [3.63, 3.8) is 0 Å². The monoisotopic (exact) mass is 320 g/mol. The first kappa shape index (κ1) is 13.8. The third kappa shape index (κ3) is 2.22. The molecule has 0 spiro atoms. The SMILES string of the molecule is CN1C(=O)c2cccc(NC(=O)c3ccc(Cl)s3)c2C1=O. The summed E-state index contributed by atoms with van der Waals surface area (Å²) in [6.07, 6.45) is 0. The van der Waals surface area contributed by atoms with Gasteiger partial charge in [0, 0.05) is 7.05 Å². The molecule has 1 aromatic carbocycles. The van der Waals surface area contributed by atoms with E-state index >= 15 is 0 Å². The molecule has 1 aliphatic rings. The van der Waals surface area contributed by atoms with Gasteiger partial charge in [-0.1, -0.05) is 17.7 Å². The Morgan fingerprint density at radius 3 is 2.62 bits per heavy atom. The first-order chi connectivity index (χ1) is 9.99. The van der Waals surface area contributed by atoms with Crippen LogP contribution in [0.25, 0.3) is 0 Å². The first-order valence-corrected chi connectivity index (χ1v) is 7.20. The molecule has 0 radical (unpaired) electrons. The summed E-state index contributed by atoms with van der Waals surface area (Å²) in [5.74, 6) is -1.16. The summed E-state index contributed by atoms with van der Waals surface area (Å²) in [7, 11) is 1.41. The maximum atomic E-state index is 12.1. The van der Waals surface area contributed by atoms with Gasteiger partial charge in [-0.15, -0.1) is 11.3 Å². The molecule has 2 heterocycles. The molecular formula is C14H9ClN2O3S. The van der Waals surface area contributed by atoms with Gasteiger partial charge >= 0.3 is 0 Å². The Hall–Kier alpha value is -2.18. The zero-order chi connectivity index (χ0) is 15.1. The number of fused-ring (bicyclic) bond motifs is 1. The van der Waals surface area contributed by atoms with E-state index in [1.807, 2.05) is 0 Å². The number of hydrogen-bond acceptors (Lipinski definition) is 4. The van der Waals surface area contributed by atoms with Crippen LogP contribution < -0.4 is 5.32 Å². The average molecular weight is 321 g/mol. The molecule has 2 aromatic rings. The minimum absolute atomic E-state index is 0.223. The van der Waals surface area contributed by atoms with Gasteiger partial charge in [0.2, 0.25) is 0 Å². The number of rotatable bonds is 2. The third-order valence-electron chi connectivity index (χ3n) is 3.16. The third-order valence-corrected chi connectivity index (χ3v) is 4.39. The highest BCUT2D eigenvalue weighted by Crippen LogP contribution is 2.29. The average Bonchev–Trinajstić information content (AvgIpc) is 2.99. The molecule has 1 aromatic heterocycles. The van der Waals surface area contributed by atoms with E-state index in [4.69, 9.17) is 11.6 Å². The largest absolute Gasteiger partial charge is 0.321 e. The fourth-order valence-corrected chi connectivity index (χ4v) is 3.06. The molecule has 0 aliphatic carbocycles. The van der Waals surface area contributed by atoms with Gasteiger partial charge < -0.3 is 5.32 Å². The molecule has 1 N–H and O–H groups in total. The van der Waals surface area contributed by atoms with Crippen molar-refractivity contribution < 1.29 is 14.4 Å². The summed E-state index contributed by atoms with van der Waals surface area (Å²) in [6.45, 7) is 0. The number of carbonyl (C=O) groups is 3. The molecular weight excluding hydrogens is 312 g/mol. The van der Waals surface area contributed by atoms with Crippen molar-refractivity contribution >= 4 is 46.3 Å². The van der Waals surface area contributed by atoms with Crippen molar-refractivity contribution in [1.82, 2.24) is 4.90 Å². The van der Waals surface area contributed by atoms with Crippen molar-refractivity contribution in [2.24, 2.45) is 0 Å². The highest BCUT2D eigenvalue weighted by Gasteiger charge is 2.35. The van der Waals surface area contributed by atoms with Crippen LogP contribution in [0.3, 0.4) is 0 Å². The minimum Gasteiger partial charge on any atom is -0.321 e. The van der Waals surface area contributed by atoms with Crippen LogP contribution in [0, 0.1) is 0 Å². The number of thiophene rings is 1. The lowest BCUT2D eigenvalue weighted by molar-refractivity contribution is 0.0693. The van der Waals surface area contributed by atoms with Gasteiger partial charge in [0.15, 0.2) is 0 Å². The quantitative estimate of drug-likeness (QED) is 0.865. The summed E-state index contributed by atoms with van der Waals surface area (Å²) in [5.41, 5.74) is 0.843. The maximum absolute atomic E-state index is 12.1. The number of amides is 3. The Balaban J connectivity index is 1.97. The van der Waals surface area contributed by atoms with Gasteiger partial charge in [-0.25, -0.2) is 0 Å². The molecule has 3 amide bonds. The van der Waals surface area contributed by atoms with Crippen LogP contribution in [0.4, 0.5) is 5.69 Å². The van der Waals surface area contributed by atoms with Gasteiger partial charge in [-0.2, -0.15) is 0 Å². The van der Waals surface area contributed by atoms with Crippen molar-refractivity contribution in [2.45, 2.75) is 0 Å². The Morgan fingerprint density at radius 1 is 1.19 bits per heavy atom. The Morgan fingerprint density at radius 2 is 1.95 bits per heavy atom. The minimum atomic E-state index is -0.421. The Bertz CT molecular complexity index is 784. The molecule has 0 saturated heterocycles. The lowest BCUT2D eigenvalue weighted by Crippen LogP contribution is -2.24. The second kappa shape index (κ2) is 4.98. The zero-order valence-corrected chi connectivity index (χ0v) is 12.4. The second-order valence-electron chi connectivity index (χ2n) is 4.46. The molecule has 0 fully saturated rings. The molecule has 7 heteroatoms. The van der Waals surface area contributed by atoms with Crippen molar-refractivity contribution in [3.05, 3.63) is 50.7 Å². The Labute approximate surface area is 129 Å². The molecule has 0 saturated carbocycles. The van der Waals surface area contributed by atoms with Gasteiger partial charge in [0.1, 0.15) is 0 Å². The molecule has 106 valence electrons. The fraction of sp³-hybridized carbons (Fsp3) is 0.0714. The van der Waals surface area contributed by atoms with Crippen LogP contribution in [-0.2, 0) is 0 Å². The van der Waals surface area contributed by atoms with E-state index < -0.39 is 5.91 Å². The van der Waals surface area contributed by atoms with E-state index in [0.29, 0.717) is 20.5 Å². The van der Waals surface area contributed by atoms with Crippen molar-refractivity contribution in [2.75, 3.05) is 12.4 Å². The maximum Gasteiger partial charge on any atom is 0.265 e. The normalized spacial score (nSPS) is 13.5. The number of hydrogen-bond donors (Lipinski definition) is 1. The lowest BCUT2D eigenvalue weighted by atomic mass is 10.1. The number of nitrogens with one attached hydrogen (secondary N) is 1. The highest BCUT2D eigenvalue weighted by molar-refractivity contribution is 7.18. The molecule has 3 rings (SSSR count). The summed E-state index contributed by atoms with van der Waals surface area (Å²) in [4.78, 5) is 37.6. The van der Waals surface area contributed by atoms with Crippen LogP contribution in [-0.4, -0.2) is 29.7 Å². The fourth-order valence-electron chi connectivity index (χ4n) is 2.13.